The summed E-state index contributed by atoms with van der Waals surface area (Å²) >= 11 is 5.69. The van der Waals surface area contributed by atoms with Gasteiger partial charge in [0.15, 0.2) is 5.78 Å². The average molecular weight is 464 g/mol. The van der Waals surface area contributed by atoms with E-state index in [2.05, 4.69) is 4.98 Å². The zero-order valence-corrected chi connectivity index (χ0v) is 18.5. The molecule has 2 aliphatic rings. The number of alkyl halides is 3. The van der Waals surface area contributed by atoms with Crippen LogP contribution >= 0.6 is 11.6 Å². The minimum Gasteiger partial charge on any atom is -0.507 e. The van der Waals surface area contributed by atoms with Crippen LogP contribution in [0.5, 0.6) is 11.6 Å². The van der Waals surface area contributed by atoms with Crippen LogP contribution in [-0.2, 0) is 17.4 Å². The van der Waals surface area contributed by atoms with Gasteiger partial charge in [-0.15, -0.1) is 0 Å². The Bertz CT molecular complexity index is 1200. The Morgan fingerprint density at radius 1 is 1.28 bits per heavy atom. The number of pyridine rings is 1. The Morgan fingerprint density at radius 2 is 2.00 bits per heavy atom. The zero-order chi connectivity index (χ0) is 23.4. The topological polar surface area (TPSA) is 59.4 Å². The maximum absolute atomic E-state index is 13.4. The number of hydrogen-bond acceptors (Lipinski definition) is 4. The molecule has 8 heteroatoms. The molecule has 32 heavy (non-hydrogen) atoms. The van der Waals surface area contributed by atoms with E-state index in [-0.39, 0.29) is 27.9 Å². The number of aromatic nitrogens is 1. The lowest BCUT2D eigenvalue weighted by molar-refractivity contribution is -0.138. The molecule has 1 heterocycles. The van der Waals surface area contributed by atoms with Crippen LogP contribution in [0.25, 0.3) is 5.57 Å². The van der Waals surface area contributed by atoms with E-state index in [0.29, 0.717) is 24.8 Å². The molecule has 0 unspecified atom stereocenters. The molecule has 4 nitrogen and oxygen atoms in total. The minimum absolute atomic E-state index is 0.0603. The Hall–Kier alpha value is -2.80. The molecule has 0 saturated carbocycles. The van der Waals surface area contributed by atoms with Crippen LogP contribution in [-0.4, -0.2) is 15.9 Å². The van der Waals surface area contributed by atoms with Crippen LogP contribution in [0.15, 0.2) is 47.4 Å². The highest BCUT2D eigenvalue weighted by Gasteiger charge is 2.48. The van der Waals surface area contributed by atoms with Crippen LogP contribution < -0.4 is 4.74 Å². The lowest BCUT2D eigenvalue weighted by Crippen LogP contribution is -2.30. The number of fused-ring (bicyclic) bond motifs is 1. The summed E-state index contributed by atoms with van der Waals surface area (Å²) in [4.78, 5) is 17.1. The van der Waals surface area contributed by atoms with Crippen molar-refractivity contribution in [3.63, 3.8) is 0 Å². The van der Waals surface area contributed by atoms with Gasteiger partial charge in [-0.3, -0.25) is 4.79 Å². The van der Waals surface area contributed by atoms with Crippen molar-refractivity contribution in [3.8, 4) is 11.6 Å². The summed E-state index contributed by atoms with van der Waals surface area (Å²) < 4.78 is 45.8. The van der Waals surface area contributed by atoms with E-state index in [0.717, 1.165) is 29.0 Å². The molecule has 2 aliphatic carbocycles. The molecule has 1 aromatic heterocycles. The van der Waals surface area contributed by atoms with Gasteiger partial charge in [0.1, 0.15) is 17.1 Å². The Kier molecular flexibility index (Phi) is 5.36. The number of rotatable bonds is 4. The summed E-state index contributed by atoms with van der Waals surface area (Å²) in [5.74, 6) is -0.827. The second-order valence-corrected chi connectivity index (χ2v) is 8.70. The van der Waals surface area contributed by atoms with Gasteiger partial charge >= 0.3 is 6.18 Å². The third kappa shape index (κ3) is 3.48. The van der Waals surface area contributed by atoms with Crippen LogP contribution in [0.2, 0.25) is 5.02 Å². The van der Waals surface area contributed by atoms with E-state index < -0.39 is 23.0 Å². The Morgan fingerprint density at radius 3 is 2.66 bits per heavy atom. The lowest BCUT2D eigenvalue weighted by Gasteiger charge is -2.30. The number of allylic oxidation sites excluding steroid dienone is 3. The van der Waals surface area contributed by atoms with Gasteiger partial charge < -0.3 is 9.84 Å². The molecule has 0 fully saturated rings. The summed E-state index contributed by atoms with van der Waals surface area (Å²) in [5, 5.41) is 10.8. The van der Waals surface area contributed by atoms with E-state index >= 15 is 0 Å². The predicted octanol–water partition coefficient (Wildman–Crippen LogP) is 7.08. The van der Waals surface area contributed by atoms with Crippen molar-refractivity contribution < 1.29 is 27.8 Å². The SMILES string of the molecule is CCc1ccc(Oc2ncc(Cl)cc2C(F)(F)F)cc1C1=C(O)C2=C(C)[C@](C)(CC2)C1=O. The molecule has 2 aromatic rings. The van der Waals surface area contributed by atoms with Crippen molar-refractivity contribution in [2.24, 2.45) is 5.41 Å². The maximum atomic E-state index is 13.4. The number of aliphatic hydroxyl groups is 1. The van der Waals surface area contributed by atoms with Crippen LogP contribution in [0.4, 0.5) is 13.2 Å². The quantitative estimate of drug-likeness (QED) is 0.526. The fraction of sp³-hybridized carbons (Fsp3) is 0.333. The van der Waals surface area contributed by atoms with Gasteiger partial charge in [0, 0.05) is 6.20 Å². The number of aryl methyl sites for hydroxylation is 1. The van der Waals surface area contributed by atoms with Gasteiger partial charge in [-0.05, 0) is 68.0 Å². The number of hydrogen-bond donors (Lipinski definition) is 1. The van der Waals surface area contributed by atoms with E-state index in [1.165, 1.54) is 12.1 Å². The summed E-state index contributed by atoms with van der Waals surface area (Å²) in [6.45, 7) is 5.62. The zero-order valence-electron chi connectivity index (χ0n) is 17.7. The molecule has 2 bridgehead atoms. The number of carbonyl (C=O) groups is 1. The average Bonchev–Trinajstić information content (AvgIpc) is 2.99. The Labute approximate surface area is 188 Å². The maximum Gasteiger partial charge on any atom is 0.421 e. The Balaban J connectivity index is 1.82. The normalized spacial score (nSPS) is 20.9. The number of nitrogens with zero attached hydrogens (tertiary/aromatic N) is 1. The van der Waals surface area contributed by atoms with Gasteiger partial charge in [-0.2, -0.15) is 13.2 Å². The van der Waals surface area contributed by atoms with Gasteiger partial charge in [-0.25, -0.2) is 4.98 Å². The molecular formula is C24H21ClF3NO3. The first kappa shape index (κ1) is 22.4. The molecule has 0 amide bonds. The van der Waals surface area contributed by atoms with Crippen molar-refractivity contribution >= 4 is 23.0 Å². The predicted molar refractivity (Wildman–Crippen MR) is 115 cm³/mol. The van der Waals surface area contributed by atoms with Crippen LogP contribution in [0.1, 0.15) is 50.3 Å². The van der Waals surface area contributed by atoms with E-state index in [1.807, 2.05) is 20.8 Å². The molecule has 1 atom stereocenters. The van der Waals surface area contributed by atoms with Crippen molar-refractivity contribution in [2.45, 2.75) is 46.2 Å². The van der Waals surface area contributed by atoms with E-state index in [1.54, 1.807) is 6.07 Å². The third-order valence-corrected chi connectivity index (χ3v) is 6.68. The molecule has 1 N–H and O–H groups in total. The molecule has 1 aromatic carbocycles. The van der Waals surface area contributed by atoms with Gasteiger partial charge in [0.05, 0.1) is 16.0 Å². The molecule has 0 spiro atoms. The highest BCUT2D eigenvalue weighted by atomic mass is 35.5. The fourth-order valence-corrected chi connectivity index (χ4v) is 4.59. The highest BCUT2D eigenvalue weighted by Crippen LogP contribution is 2.53. The first-order valence-electron chi connectivity index (χ1n) is 10.2. The van der Waals surface area contributed by atoms with Crippen LogP contribution in [0.3, 0.4) is 0 Å². The number of aliphatic hydroxyl groups excluding tert-OH is 1. The van der Waals surface area contributed by atoms with Gasteiger partial charge in [0.2, 0.25) is 5.88 Å². The summed E-state index contributed by atoms with van der Waals surface area (Å²) in [6.07, 6.45) is -1.87. The number of benzene rings is 1. The van der Waals surface area contributed by atoms with Crippen molar-refractivity contribution in [1.82, 2.24) is 4.98 Å². The number of ether oxygens (including phenoxy) is 1. The number of Topliss-reactive ketones (excluding diaryl/α,β-unsaturated/α-hetero) is 1. The molecule has 0 aliphatic heterocycles. The van der Waals surface area contributed by atoms with Crippen molar-refractivity contribution in [3.05, 3.63) is 69.1 Å². The van der Waals surface area contributed by atoms with Gasteiger partial charge in [0.25, 0.3) is 0 Å². The fourth-order valence-electron chi connectivity index (χ4n) is 4.43. The standard InChI is InChI=1S/C24H21ClF3NO3/c1-4-13-5-6-15(32-22-18(24(26,27)28)9-14(25)11-29-22)10-17(13)19-20(30)16-7-8-23(3,12(16)2)21(19)31/h5-6,9-11,30H,4,7-8H2,1-3H3/t23-/m0/s1. The first-order valence-corrected chi connectivity index (χ1v) is 10.6. The molecular weight excluding hydrogens is 443 g/mol. The monoisotopic (exact) mass is 463 g/mol. The second-order valence-electron chi connectivity index (χ2n) is 8.27. The van der Waals surface area contributed by atoms with E-state index in [9.17, 15) is 23.1 Å². The number of ketones is 1. The largest absolute Gasteiger partial charge is 0.507 e. The lowest BCUT2D eigenvalue weighted by atomic mass is 9.72. The molecule has 168 valence electrons. The third-order valence-electron chi connectivity index (χ3n) is 6.48. The summed E-state index contributed by atoms with van der Waals surface area (Å²) in [5.41, 5.74) is 1.24. The second kappa shape index (κ2) is 7.66. The summed E-state index contributed by atoms with van der Waals surface area (Å²) in [7, 11) is 0. The minimum atomic E-state index is -4.71. The number of carbonyl (C=O) groups excluding carboxylic acids is 1. The smallest absolute Gasteiger partial charge is 0.421 e. The highest BCUT2D eigenvalue weighted by molar-refractivity contribution is 6.30. The summed E-state index contributed by atoms with van der Waals surface area (Å²) in [6, 6.07) is 5.44. The van der Waals surface area contributed by atoms with Gasteiger partial charge in [-0.1, -0.05) is 30.2 Å². The molecule has 0 radical (unpaired) electrons. The number of halogens is 4. The van der Waals surface area contributed by atoms with Crippen LogP contribution in [0, 0.1) is 5.41 Å². The molecule has 4 rings (SSSR count). The molecule has 0 saturated heterocycles. The first-order chi connectivity index (χ1) is 15.0. The van der Waals surface area contributed by atoms with Crippen molar-refractivity contribution in [1.29, 1.82) is 0 Å². The van der Waals surface area contributed by atoms with Crippen molar-refractivity contribution in [2.75, 3.05) is 0 Å². The van der Waals surface area contributed by atoms with E-state index in [4.69, 9.17) is 16.3 Å².